The first-order valence-corrected chi connectivity index (χ1v) is 9.54. The van der Waals surface area contributed by atoms with Gasteiger partial charge in [0, 0.05) is 12.1 Å². The molecule has 1 N–H and O–H groups in total. The molecule has 1 aromatic carbocycles. The van der Waals surface area contributed by atoms with Crippen molar-refractivity contribution in [1.82, 2.24) is 15.2 Å². The summed E-state index contributed by atoms with van der Waals surface area (Å²) in [6.07, 6.45) is 3.45. The highest BCUT2D eigenvalue weighted by Gasteiger charge is 2.19. The van der Waals surface area contributed by atoms with Crippen LogP contribution < -0.4 is 5.32 Å². The van der Waals surface area contributed by atoms with E-state index < -0.39 is 0 Å². The number of hydrogen-bond acceptors (Lipinski definition) is 4. The number of hydrogen-bond donors (Lipinski definition) is 1. The SMILES string of the molecule is Cc1nc(-c2ccc(F)cc2)sc1C(=O)NCCC1CCN(C)CC1. The van der Waals surface area contributed by atoms with Crippen LogP contribution in [0.4, 0.5) is 4.39 Å². The first-order valence-electron chi connectivity index (χ1n) is 8.73. The number of likely N-dealkylation sites (tertiary alicyclic amines) is 1. The second-order valence-electron chi connectivity index (χ2n) is 6.73. The summed E-state index contributed by atoms with van der Waals surface area (Å²) in [5, 5.41) is 3.78. The second kappa shape index (κ2) is 8.06. The van der Waals surface area contributed by atoms with Crippen LogP contribution in [0.25, 0.3) is 10.6 Å². The van der Waals surface area contributed by atoms with E-state index >= 15 is 0 Å². The molecule has 0 spiro atoms. The van der Waals surface area contributed by atoms with E-state index in [0.717, 1.165) is 35.8 Å². The van der Waals surface area contributed by atoms with Crippen molar-refractivity contribution in [1.29, 1.82) is 0 Å². The number of aromatic nitrogens is 1. The fraction of sp³-hybridized carbons (Fsp3) is 0.474. The van der Waals surface area contributed by atoms with Gasteiger partial charge in [0.2, 0.25) is 0 Å². The normalized spacial score (nSPS) is 16.1. The highest BCUT2D eigenvalue weighted by molar-refractivity contribution is 7.17. The standard InChI is InChI=1S/C19H24FN3OS/c1-13-17(25-19(22-13)15-3-5-16(20)6-4-15)18(24)21-10-7-14-8-11-23(2)12-9-14/h3-6,14H,7-12H2,1-2H3,(H,21,24). The number of nitrogens with zero attached hydrogens (tertiary/aromatic N) is 2. The Hall–Kier alpha value is -1.79. The molecule has 2 aromatic rings. The summed E-state index contributed by atoms with van der Waals surface area (Å²) in [6.45, 7) is 4.84. The van der Waals surface area contributed by atoms with Crippen molar-refractivity contribution in [2.45, 2.75) is 26.2 Å². The minimum Gasteiger partial charge on any atom is -0.351 e. The number of carbonyl (C=O) groups is 1. The van der Waals surface area contributed by atoms with Gasteiger partial charge in [0.1, 0.15) is 15.7 Å². The number of benzene rings is 1. The fourth-order valence-electron chi connectivity index (χ4n) is 3.14. The van der Waals surface area contributed by atoms with Gasteiger partial charge in [-0.15, -0.1) is 11.3 Å². The lowest BCUT2D eigenvalue weighted by molar-refractivity contribution is 0.0952. The molecule has 1 fully saturated rings. The maximum Gasteiger partial charge on any atom is 0.263 e. The van der Waals surface area contributed by atoms with Crippen molar-refractivity contribution >= 4 is 17.2 Å². The fourth-order valence-corrected chi connectivity index (χ4v) is 4.13. The summed E-state index contributed by atoms with van der Waals surface area (Å²) in [4.78, 5) is 19.9. The molecule has 1 aromatic heterocycles. The molecule has 134 valence electrons. The van der Waals surface area contributed by atoms with Crippen LogP contribution >= 0.6 is 11.3 Å². The van der Waals surface area contributed by atoms with Crippen LogP contribution in [0.5, 0.6) is 0 Å². The smallest absolute Gasteiger partial charge is 0.263 e. The summed E-state index contributed by atoms with van der Waals surface area (Å²) in [5.41, 5.74) is 1.56. The van der Waals surface area contributed by atoms with Crippen LogP contribution in [0, 0.1) is 18.7 Å². The van der Waals surface area contributed by atoms with Crippen molar-refractivity contribution in [2.24, 2.45) is 5.92 Å². The second-order valence-corrected chi connectivity index (χ2v) is 7.73. The predicted molar refractivity (Wildman–Crippen MR) is 99.4 cm³/mol. The number of thiazole rings is 1. The lowest BCUT2D eigenvalue weighted by Gasteiger charge is -2.28. The summed E-state index contributed by atoms with van der Waals surface area (Å²) in [5.74, 6) is 0.369. The van der Waals surface area contributed by atoms with Gasteiger partial charge < -0.3 is 10.2 Å². The highest BCUT2D eigenvalue weighted by Crippen LogP contribution is 2.28. The number of halogens is 1. The lowest BCUT2D eigenvalue weighted by Crippen LogP contribution is -2.32. The van der Waals surface area contributed by atoms with Crippen LogP contribution in [0.2, 0.25) is 0 Å². The Morgan fingerprint density at radius 2 is 2.00 bits per heavy atom. The first-order chi connectivity index (χ1) is 12.0. The van der Waals surface area contributed by atoms with Gasteiger partial charge >= 0.3 is 0 Å². The van der Waals surface area contributed by atoms with E-state index in [2.05, 4.69) is 22.2 Å². The maximum absolute atomic E-state index is 13.0. The zero-order chi connectivity index (χ0) is 17.8. The molecule has 0 bridgehead atoms. The topological polar surface area (TPSA) is 45.2 Å². The summed E-state index contributed by atoms with van der Waals surface area (Å²) in [6, 6.07) is 6.20. The Bertz CT molecular complexity index is 721. The summed E-state index contributed by atoms with van der Waals surface area (Å²) >= 11 is 1.36. The van der Waals surface area contributed by atoms with Crippen LogP contribution in [0.15, 0.2) is 24.3 Å². The Kier molecular flexibility index (Phi) is 5.81. The Labute approximate surface area is 152 Å². The zero-order valence-electron chi connectivity index (χ0n) is 14.7. The molecule has 0 aliphatic carbocycles. The third-order valence-corrected chi connectivity index (χ3v) is 5.98. The molecule has 1 aliphatic heterocycles. The minimum absolute atomic E-state index is 0.0590. The Morgan fingerprint density at radius 1 is 1.32 bits per heavy atom. The van der Waals surface area contributed by atoms with Gasteiger partial charge in [-0.3, -0.25) is 4.79 Å². The molecular formula is C19H24FN3OS. The molecule has 25 heavy (non-hydrogen) atoms. The zero-order valence-corrected chi connectivity index (χ0v) is 15.5. The van der Waals surface area contributed by atoms with E-state index in [-0.39, 0.29) is 11.7 Å². The highest BCUT2D eigenvalue weighted by atomic mass is 32.1. The molecule has 0 unspecified atom stereocenters. The number of amides is 1. The van der Waals surface area contributed by atoms with Gasteiger partial charge in [-0.05, 0) is 76.5 Å². The third kappa shape index (κ3) is 4.64. The van der Waals surface area contributed by atoms with Crippen LogP contribution in [0.3, 0.4) is 0 Å². The Morgan fingerprint density at radius 3 is 2.68 bits per heavy atom. The van der Waals surface area contributed by atoms with Gasteiger partial charge in [0.25, 0.3) is 5.91 Å². The van der Waals surface area contributed by atoms with Crippen molar-refractivity contribution in [3.63, 3.8) is 0 Å². The quantitative estimate of drug-likeness (QED) is 0.883. The summed E-state index contributed by atoms with van der Waals surface area (Å²) < 4.78 is 13.0. The molecule has 3 rings (SSSR count). The van der Waals surface area contributed by atoms with E-state index in [1.165, 1.54) is 36.3 Å². The van der Waals surface area contributed by atoms with Gasteiger partial charge in [0.15, 0.2) is 0 Å². The van der Waals surface area contributed by atoms with E-state index in [4.69, 9.17) is 0 Å². The molecule has 2 heterocycles. The number of rotatable bonds is 5. The van der Waals surface area contributed by atoms with E-state index in [0.29, 0.717) is 17.3 Å². The van der Waals surface area contributed by atoms with Crippen molar-refractivity contribution in [2.75, 3.05) is 26.7 Å². The number of aryl methyl sites for hydroxylation is 1. The van der Waals surface area contributed by atoms with Crippen LogP contribution in [0.1, 0.15) is 34.6 Å². The van der Waals surface area contributed by atoms with E-state index in [1.54, 1.807) is 12.1 Å². The molecule has 0 radical (unpaired) electrons. The molecule has 1 saturated heterocycles. The largest absolute Gasteiger partial charge is 0.351 e. The number of nitrogens with one attached hydrogen (secondary N) is 1. The van der Waals surface area contributed by atoms with E-state index in [9.17, 15) is 9.18 Å². The Balaban J connectivity index is 1.56. The molecule has 4 nitrogen and oxygen atoms in total. The van der Waals surface area contributed by atoms with E-state index in [1.807, 2.05) is 6.92 Å². The molecule has 1 aliphatic rings. The van der Waals surface area contributed by atoms with Crippen molar-refractivity contribution in [3.8, 4) is 10.6 Å². The number of carbonyl (C=O) groups excluding carboxylic acids is 1. The van der Waals surface area contributed by atoms with Gasteiger partial charge in [-0.25, -0.2) is 9.37 Å². The van der Waals surface area contributed by atoms with Crippen molar-refractivity contribution in [3.05, 3.63) is 40.7 Å². The first kappa shape index (κ1) is 18.0. The summed E-state index contributed by atoms with van der Waals surface area (Å²) in [7, 11) is 2.16. The van der Waals surface area contributed by atoms with Gasteiger partial charge in [0.05, 0.1) is 5.69 Å². The molecule has 0 atom stereocenters. The minimum atomic E-state index is -0.274. The molecular weight excluding hydrogens is 337 g/mol. The average molecular weight is 361 g/mol. The monoisotopic (exact) mass is 361 g/mol. The maximum atomic E-state index is 13.0. The van der Waals surface area contributed by atoms with Crippen molar-refractivity contribution < 1.29 is 9.18 Å². The third-order valence-electron chi connectivity index (χ3n) is 4.77. The van der Waals surface area contributed by atoms with Crippen LogP contribution in [-0.2, 0) is 0 Å². The lowest BCUT2D eigenvalue weighted by atomic mass is 9.94. The van der Waals surface area contributed by atoms with Crippen LogP contribution in [-0.4, -0.2) is 42.5 Å². The molecule has 0 saturated carbocycles. The van der Waals surface area contributed by atoms with Gasteiger partial charge in [-0.2, -0.15) is 0 Å². The average Bonchev–Trinajstić information content (AvgIpc) is 2.99. The molecule has 6 heteroatoms. The molecule has 1 amide bonds. The van der Waals surface area contributed by atoms with Gasteiger partial charge in [-0.1, -0.05) is 0 Å². The predicted octanol–water partition coefficient (Wildman–Crippen LogP) is 3.72. The number of piperidine rings is 1.